The lowest BCUT2D eigenvalue weighted by molar-refractivity contribution is -0.108. The monoisotopic (exact) mass is 599 g/mol. The minimum Gasteiger partial charge on any atom is -0.465 e. The number of thiazole rings is 1. The van der Waals surface area contributed by atoms with Crippen LogP contribution in [0.4, 0.5) is 0 Å². The molecule has 0 aliphatic heterocycles. The van der Waals surface area contributed by atoms with Gasteiger partial charge < -0.3 is 19.2 Å². The van der Waals surface area contributed by atoms with Crippen molar-refractivity contribution in [1.82, 2.24) is 14.5 Å². The summed E-state index contributed by atoms with van der Waals surface area (Å²) in [5.41, 5.74) is 7.64. The molecule has 3 heterocycles. The van der Waals surface area contributed by atoms with E-state index in [4.69, 9.17) is 14.8 Å². The number of methoxy groups -OCH3 is 1. The number of pyridine rings is 1. The first-order valence-corrected chi connectivity index (χ1v) is 15.8. The number of aromatic nitrogens is 3. The van der Waals surface area contributed by atoms with E-state index in [9.17, 15) is 9.59 Å². The van der Waals surface area contributed by atoms with Crippen molar-refractivity contribution in [1.29, 1.82) is 0 Å². The summed E-state index contributed by atoms with van der Waals surface area (Å²) in [5, 5.41) is 10.2. The van der Waals surface area contributed by atoms with Gasteiger partial charge in [-0.1, -0.05) is 51.3 Å². The lowest BCUT2D eigenvalue weighted by Gasteiger charge is -2.23. The second kappa shape index (κ2) is 14.5. The number of carbonyl (C=O) groups excluding carboxylic acids is 2. The highest BCUT2D eigenvalue weighted by atomic mass is 32.1. The Labute approximate surface area is 257 Å². The Morgan fingerprint density at radius 1 is 1.02 bits per heavy atom. The molecule has 6 rings (SSSR count). The highest BCUT2D eigenvalue weighted by Crippen LogP contribution is 2.45. The number of fused-ring (bicyclic) bond motifs is 2. The SMILES string of the molecule is CC.CO.COC(=O)c1ccc2c(C3CCCCC3)c(-c3ccc4nc(-c5sc(C)nc5C)ccc4c3)n(CC=O)c2c1. The summed E-state index contributed by atoms with van der Waals surface area (Å²) in [5.74, 6) is 0.0253. The molecule has 0 saturated heterocycles. The molecule has 1 fully saturated rings. The van der Waals surface area contributed by atoms with Crippen molar-refractivity contribution >= 4 is 45.4 Å². The van der Waals surface area contributed by atoms with E-state index in [1.54, 1.807) is 11.3 Å². The van der Waals surface area contributed by atoms with Gasteiger partial charge in [-0.25, -0.2) is 14.8 Å². The van der Waals surface area contributed by atoms with Crippen LogP contribution in [0.15, 0.2) is 48.5 Å². The van der Waals surface area contributed by atoms with Gasteiger partial charge in [0, 0.05) is 17.9 Å². The summed E-state index contributed by atoms with van der Waals surface area (Å²) in [7, 11) is 2.39. The van der Waals surface area contributed by atoms with E-state index in [0.717, 1.165) is 80.6 Å². The molecule has 0 radical (unpaired) electrons. The number of benzene rings is 2. The first kappa shape index (κ1) is 32.0. The van der Waals surface area contributed by atoms with Crippen LogP contribution in [-0.2, 0) is 16.1 Å². The number of hydrogen-bond donors (Lipinski definition) is 1. The first-order valence-electron chi connectivity index (χ1n) is 15.0. The first-order chi connectivity index (χ1) is 21.0. The average molecular weight is 600 g/mol. The van der Waals surface area contributed by atoms with Gasteiger partial charge >= 0.3 is 5.97 Å². The zero-order valence-electron chi connectivity index (χ0n) is 25.9. The number of aliphatic hydroxyl groups is 1. The number of carbonyl (C=O) groups is 2. The van der Waals surface area contributed by atoms with Crippen LogP contribution >= 0.6 is 11.3 Å². The van der Waals surface area contributed by atoms with Crippen LogP contribution in [0, 0.1) is 13.8 Å². The highest BCUT2D eigenvalue weighted by molar-refractivity contribution is 7.15. The van der Waals surface area contributed by atoms with Crippen LogP contribution in [0.5, 0.6) is 0 Å². The second-order valence-electron chi connectivity index (χ2n) is 10.3. The Morgan fingerprint density at radius 3 is 2.42 bits per heavy atom. The van der Waals surface area contributed by atoms with Gasteiger partial charge in [0.2, 0.25) is 0 Å². The van der Waals surface area contributed by atoms with Crippen LogP contribution < -0.4 is 0 Å². The molecular weight excluding hydrogens is 558 g/mol. The molecule has 0 atom stereocenters. The summed E-state index contributed by atoms with van der Waals surface area (Å²) >= 11 is 1.67. The Morgan fingerprint density at radius 2 is 1.77 bits per heavy atom. The van der Waals surface area contributed by atoms with Gasteiger partial charge in [-0.2, -0.15) is 0 Å². The maximum atomic E-state index is 12.4. The molecule has 5 aromatic rings. The Hall–Kier alpha value is -3.88. The Kier molecular flexibility index (Phi) is 10.8. The van der Waals surface area contributed by atoms with E-state index in [0.29, 0.717) is 11.5 Å². The molecule has 0 unspecified atom stereocenters. The Balaban J connectivity index is 0.00000102. The molecule has 1 aliphatic rings. The zero-order chi connectivity index (χ0) is 31.1. The molecule has 226 valence electrons. The van der Waals surface area contributed by atoms with Gasteiger partial charge in [-0.15, -0.1) is 11.3 Å². The molecule has 0 bridgehead atoms. The summed E-state index contributed by atoms with van der Waals surface area (Å²) in [6.07, 6.45) is 6.84. The van der Waals surface area contributed by atoms with Crippen LogP contribution in [0.1, 0.15) is 78.5 Å². The molecule has 8 heteroatoms. The van der Waals surface area contributed by atoms with Crippen LogP contribution in [0.3, 0.4) is 0 Å². The predicted octanol–water partition coefficient (Wildman–Crippen LogP) is 8.26. The quantitative estimate of drug-likeness (QED) is 0.156. The van der Waals surface area contributed by atoms with Crippen molar-refractivity contribution in [2.75, 3.05) is 14.2 Å². The zero-order valence-corrected chi connectivity index (χ0v) is 26.8. The van der Waals surface area contributed by atoms with Crippen LogP contribution in [0.2, 0.25) is 0 Å². The molecule has 2 aromatic carbocycles. The molecule has 1 N–H and O–H groups in total. The van der Waals surface area contributed by atoms with E-state index >= 15 is 0 Å². The topological polar surface area (TPSA) is 94.3 Å². The summed E-state index contributed by atoms with van der Waals surface area (Å²) in [6, 6.07) is 16.3. The van der Waals surface area contributed by atoms with E-state index in [1.165, 1.54) is 31.9 Å². The lowest BCUT2D eigenvalue weighted by atomic mass is 9.81. The standard InChI is InChI=1S/C32H31N3O3S.C2H6.CH4O/c1-19-31(39-20(2)33-19)27-14-10-22-17-23(11-13-26(22)34-27)30-29(21-7-5-4-6-8-21)25-12-9-24(32(37)38-3)18-28(25)35(30)15-16-36;2*1-2/h9-14,16-18,21H,4-8,15H2,1-3H3;1-2H3;2H,1H3. The normalized spacial score (nSPS) is 13.2. The maximum Gasteiger partial charge on any atom is 0.337 e. The number of nitrogens with zero attached hydrogens (tertiary/aromatic N) is 3. The number of aryl methyl sites for hydroxylation is 2. The van der Waals surface area contributed by atoms with Gasteiger partial charge in [0.15, 0.2) is 0 Å². The van der Waals surface area contributed by atoms with Gasteiger partial charge in [0.25, 0.3) is 0 Å². The van der Waals surface area contributed by atoms with Crippen LogP contribution in [0.25, 0.3) is 43.6 Å². The third-order valence-electron chi connectivity index (χ3n) is 7.89. The summed E-state index contributed by atoms with van der Waals surface area (Å²) in [4.78, 5) is 35.0. The predicted molar refractivity (Wildman–Crippen MR) is 176 cm³/mol. The largest absolute Gasteiger partial charge is 0.465 e. The van der Waals surface area contributed by atoms with Crippen molar-refractivity contribution in [3.63, 3.8) is 0 Å². The smallest absolute Gasteiger partial charge is 0.337 e. The third-order valence-corrected chi connectivity index (χ3v) is 8.99. The molecular formula is C35H41N3O4S. The summed E-state index contributed by atoms with van der Waals surface area (Å²) < 4.78 is 7.07. The Bertz CT molecular complexity index is 1730. The number of ether oxygens (including phenoxy) is 1. The fourth-order valence-electron chi connectivity index (χ4n) is 6.17. The van der Waals surface area contributed by atoms with E-state index < -0.39 is 0 Å². The lowest BCUT2D eigenvalue weighted by Crippen LogP contribution is -2.07. The van der Waals surface area contributed by atoms with Crippen molar-refractivity contribution in [2.24, 2.45) is 0 Å². The minimum atomic E-state index is -0.379. The van der Waals surface area contributed by atoms with Gasteiger partial charge in [-0.05, 0) is 74.1 Å². The molecule has 1 saturated carbocycles. The molecule has 0 amide bonds. The average Bonchev–Trinajstić information content (AvgIpc) is 3.57. The number of rotatable bonds is 6. The highest BCUT2D eigenvalue weighted by Gasteiger charge is 2.27. The molecule has 7 nitrogen and oxygen atoms in total. The fourth-order valence-corrected chi connectivity index (χ4v) is 7.06. The molecule has 3 aromatic heterocycles. The van der Waals surface area contributed by atoms with Crippen molar-refractivity contribution in [2.45, 2.75) is 72.3 Å². The van der Waals surface area contributed by atoms with Gasteiger partial charge in [0.05, 0.1) is 57.2 Å². The number of hydrogen-bond acceptors (Lipinski definition) is 7. The number of aldehydes is 1. The van der Waals surface area contributed by atoms with E-state index in [2.05, 4.69) is 39.9 Å². The van der Waals surface area contributed by atoms with E-state index in [1.807, 2.05) is 45.9 Å². The van der Waals surface area contributed by atoms with Gasteiger partial charge in [-0.3, -0.25) is 0 Å². The molecule has 43 heavy (non-hydrogen) atoms. The van der Waals surface area contributed by atoms with Gasteiger partial charge in [0.1, 0.15) is 6.29 Å². The number of esters is 1. The fraction of sp³-hybridized carbons (Fsp3) is 0.371. The molecule has 1 aliphatic carbocycles. The second-order valence-corrected chi connectivity index (χ2v) is 11.6. The third kappa shape index (κ3) is 6.40. The van der Waals surface area contributed by atoms with Crippen molar-refractivity contribution < 1.29 is 19.4 Å². The van der Waals surface area contributed by atoms with Crippen molar-refractivity contribution in [3.8, 4) is 21.8 Å². The summed E-state index contributed by atoms with van der Waals surface area (Å²) in [6.45, 7) is 8.26. The minimum absolute atomic E-state index is 0.211. The van der Waals surface area contributed by atoms with E-state index in [-0.39, 0.29) is 12.5 Å². The number of aliphatic hydroxyl groups excluding tert-OH is 1. The molecule has 0 spiro atoms. The van der Waals surface area contributed by atoms with Crippen LogP contribution in [-0.4, -0.2) is 46.1 Å². The van der Waals surface area contributed by atoms with Crippen molar-refractivity contribution in [3.05, 3.63) is 70.4 Å². The maximum absolute atomic E-state index is 12.4.